The van der Waals surface area contributed by atoms with Gasteiger partial charge in [-0.3, -0.25) is 4.79 Å². The lowest BCUT2D eigenvalue weighted by Gasteiger charge is -2.12. The van der Waals surface area contributed by atoms with Gasteiger partial charge in [0, 0.05) is 22.3 Å². The van der Waals surface area contributed by atoms with Crippen molar-refractivity contribution in [1.29, 1.82) is 0 Å². The van der Waals surface area contributed by atoms with Crippen molar-refractivity contribution in [3.8, 4) is 22.4 Å². The van der Waals surface area contributed by atoms with Crippen molar-refractivity contribution < 1.29 is 14.7 Å². The predicted molar refractivity (Wildman–Crippen MR) is 160 cm³/mol. The van der Waals surface area contributed by atoms with Gasteiger partial charge >= 0.3 is 5.97 Å². The first-order chi connectivity index (χ1) is 19.3. The number of aromatic nitrogens is 2. The van der Waals surface area contributed by atoms with Crippen LogP contribution in [0.5, 0.6) is 0 Å². The van der Waals surface area contributed by atoms with E-state index in [1.165, 1.54) is 12.1 Å². The summed E-state index contributed by atoms with van der Waals surface area (Å²) in [5.74, 6) is -0.575. The van der Waals surface area contributed by atoms with E-state index in [1.807, 2.05) is 54.6 Å². The number of aromatic amines is 1. The molecule has 0 fully saturated rings. The molecule has 8 heteroatoms. The Morgan fingerprint density at radius 2 is 1.45 bits per heavy atom. The summed E-state index contributed by atoms with van der Waals surface area (Å²) in [6, 6.07) is 25.7. The number of nitrogens with one attached hydrogen (secondary N) is 1. The zero-order valence-corrected chi connectivity index (χ0v) is 22.5. The minimum atomic E-state index is -1.03. The van der Waals surface area contributed by atoms with E-state index < -0.39 is 12.0 Å². The number of carboxylic acids is 1. The zero-order chi connectivity index (χ0) is 28.2. The topological polar surface area (TPSA) is 109 Å². The van der Waals surface area contributed by atoms with Crippen molar-refractivity contribution >= 4 is 47.1 Å². The molecule has 0 saturated heterocycles. The zero-order valence-electron chi connectivity index (χ0n) is 21.0. The van der Waals surface area contributed by atoms with Crippen molar-refractivity contribution in [2.24, 2.45) is 5.73 Å². The van der Waals surface area contributed by atoms with Crippen LogP contribution in [-0.4, -0.2) is 26.8 Å². The smallest absolute Gasteiger partial charge is 0.335 e. The summed E-state index contributed by atoms with van der Waals surface area (Å²) in [5.41, 5.74) is 11.8. The number of hydrogen-bond acceptors (Lipinski definition) is 4. The number of nitrogens with zero attached hydrogens (tertiary/aromatic N) is 1. The number of H-pyrrole nitrogens is 1. The second kappa shape index (κ2) is 11.7. The van der Waals surface area contributed by atoms with E-state index in [1.54, 1.807) is 42.6 Å². The Bertz CT molecular complexity index is 1710. The number of hydrogen-bond donors (Lipinski definition) is 3. The fraction of sp³-hybridized carbons (Fsp3) is 0.0312. The van der Waals surface area contributed by atoms with Crippen LogP contribution in [0.2, 0.25) is 10.0 Å². The van der Waals surface area contributed by atoms with Crippen LogP contribution >= 0.6 is 23.2 Å². The molecule has 1 aromatic heterocycles. The molecular weight excluding hydrogens is 545 g/mol. The van der Waals surface area contributed by atoms with Crippen LogP contribution in [0, 0.1) is 0 Å². The molecule has 0 aliphatic heterocycles. The highest BCUT2D eigenvalue weighted by atomic mass is 35.5. The number of imidazole rings is 1. The van der Waals surface area contributed by atoms with Gasteiger partial charge in [0.15, 0.2) is 5.78 Å². The lowest BCUT2D eigenvalue weighted by Crippen LogP contribution is -2.21. The molecule has 0 radical (unpaired) electrons. The number of carbonyl (C=O) groups excluding carboxylic acids is 1. The average molecular weight is 568 g/mol. The number of rotatable bonds is 8. The van der Waals surface area contributed by atoms with Gasteiger partial charge in [0.1, 0.15) is 5.82 Å². The monoisotopic (exact) mass is 567 g/mol. The molecule has 1 heterocycles. The standard InChI is InChI=1S/C32H23Cl2N3O3/c33-25-14-15-26(27(34)17-25)28-18-36-29(37-28)16-3-19-1-4-20(5-2-19)21-6-10-23(11-7-21)31(38)30(35)22-8-12-24(13-9-22)32(39)40/h1-18,30H,35H2,(H,36,37)(H,39,40)/b16-3+/t30-/m1/s1. The molecule has 0 amide bonds. The van der Waals surface area contributed by atoms with E-state index in [9.17, 15) is 9.59 Å². The molecule has 198 valence electrons. The quantitative estimate of drug-likeness (QED) is 0.166. The second-order valence-electron chi connectivity index (χ2n) is 9.10. The molecule has 0 spiro atoms. The lowest BCUT2D eigenvalue weighted by atomic mass is 9.95. The predicted octanol–water partition coefficient (Wildman–Crippen LogP) is 7.80. The molecule has 1 atom stereocenters. The average Bonchev–Trinajstić information content (AvgIpc) is 3.44. The fourth-order valence-corrected chi connectivity index (χ4v) is 4.72. The third-order valence-electron chi connectivity index (χ3n) is 6.45. The highest BCUT2D eigenvalue weighted by Crippen LogP contribution is 2.29. The van der Waals surface area contributed by atoms with E-state index >= 15 is 0 Å². The number of nitrogens with two attached hydrogens (primary N) is 1. The third kappa shape index (κ3) is 6.05. The molecule has 0 bridgehead atoms. The molecule has 6 nitrogen and oxygen atoms in total. The van der Waals surface area contributed by atoms with Crippen molar-refractivity contribution in [1.82, 2.24) is 9.97 Å². The molecule has 4 aromatic carbocycles. The van der Waals surface area contributed by atoms with Gasteiger partial charge in [-0.1, -0.05) is 89.9 Å². The van der Waals surface area contributed by atoms with Gasteiger partial charge in [-0.25, -0.2) is 9.78 Å². The second-order valence-corrected chi connectivity index (χ2v) is 9.94. The van der Waals surface area contributed by atoms with Gasteiger partial charge in [0.25, 0.3) is 0 Å². The van der Waals surface area contributed by atoms with Crippen molar-refractivity contribution in [2.45, 2.75) is 6.04 Å². The van der Waals surface area contributed by atoms with E-state index in [-0.39, 0.29) is 11.3 Å². The molecule has 0 saturated carbocycles. The van der Waals surface area contributed by atoms with Crippen LogP contribution in [0.15, 0.2) is 97.2 Å². The first-order valence-electron chi connectivity index (χ1n) is 12.3. The number of aromatic carboxylic acids is 1. The summed E-state index contributed by atoms with van der Waals surface area (Å²) < 4.78 is 0. The van der Waals surface area contributed by atoms with Crippen molar-refractivity contribution in [3.05, 3.63) is 135 Å². The third-order valence-corrected chi connectivity index (χ3v) is 7.00. The Balaban J connectivity index is 1.24. The number of ketones is 1. The van der Waals surface area contributed by atoms with E-state index in [0.29, 0.717) is 27.0 Å². The normalized spacial score (nSPS) is 12.0. The highest BCUT2D eigenvalue weighted by molar-refractivity contribution is 6.36. The van der Waals surface area contributed by atoms with Gasteiger partial charge in [0.05, 0.1) is 22.3 Å². The van der Waals surface area contributed by atoms with Crippen LogP contribution in [0.4, 0.5) is 0 Å². The molecular formula is C32H23Cl2N3O3. The maximum absolute atomic E-state index is 12.9. The number of Topliss-reactive ketones (excluding diaryl/α,β-unsaturated/α-hetero) is 1. The Labute approximate surface area is 240 Å². The number of carbonyl (C=O) groups is 2. The SMILES string of the molecule is N[C@@H](C(=O)c1ccc(-c2ccc(/C=C/c3nc(-c4ccc(Cl)cc4Cl)c[nH]3)cc2)cc1)c1ccc(C(=O)O)cc1. The van der Waals surface area contributed by atoms with E-state index in [2.05, 4.69) is 9.97 Å². The molecule has 5 rings (SSSR count). The molecule has 0 aliphatic rings. The maximum atomic E-state index is 12.9. The van der Waals surface area contributed by atoms with Crippen LogP contribution in [0.25, 0.3) is 34.5 Å². The van der Waals surface area contributed by atoms with E-state index in [4.69, 9.17) is 34.0 Å². The first-order valence-corrected chi connectivity index (χ1v) is 13.1. The molecule has 0 aliphatic carbocycles. The number of benzene rings is 4. The number of carboxylic acid groups (broad SMARTS) is 1. The lowest BCUT2D eigenvalue weighted by molar-refractivity contribution is 0.0696. The van der Waals surface area contributed by atoms with E-state index in [0.717, 1.165) is 27.9 Å². The summed E-state index contributed by atoms with van der Waals surface area (Å²) in [5, 5.41) is 10.2. The summed E-state index contributed by atoms with van der Waals surface area (Å²) in [6.07, 6.45) is 5.65. The Morgan fingerprint density at radius 3 is 2.08 bits per heavy atom. The largest absolute Gasteiger partial charge is 0.478 e. The van der Waals surface area contributed by atoms with Gasteiger partial charge < -0.3 is 15.8 Å². The number of halogens is 2. The maximum Gasteiger partial charge on any atom is 0.335 e. The molecule has 4 N–H and O–H groups in total. The van der Waals surface area contributed by atoms with Crippen molar-refractivity contribution in [3.63, 3.8) is 0 Å². The highest BCUT2D eigenvalue weighted by Gasteiger charge is 2.18. The van der Waals surface area contributed by atoms with Gasteiger partial charge in [-0.05, 0) is 58.7 Å². The summed E-state index contributed by atoms with van der Waals surface area (Å²) in [7, 11) is 0. The summed E-state index contributed by atoms with van der Waals surface area (Å²) in [6.45, 7) is 0. The minimum absolute atomic E-state index is 0.142. The Morgan fingerprint density at radius 1 is 0.825 bits per heavy atom. The molecule has 5 aromatic rings. The molecule has 40 heavy (non-hydrogen) atoms. The Hall–Kier alpha value is -4.49. The molecule has 0 unspecified atom stereocenters. The summed E-state index contributed by atoms with van der Waals surface area (Å²) >= 11 is 12.3. The van der Waals surface area contributed by atoms with Crippen LogP contribution in [0.3, 0.4) is 0 Å². The van der Waals surface area contributed by atoms with Crippen LogP contribution in [-0.2, 0) is 0 Å². The van der Waals surface area contributed by atoms with Crippen LogP contribution < -0.4 is 5.73 Å². The first kappa shape index (κ1) is 27.1. The van der Waals surface area contributed by atoms with Crippen molar-refractivity contribution in [2.75, 3.05) is 0 Å². The van der Waals surface area contributed by atoms with Gasteiger partial charge in [-0.2, -0.15) is 0 Å². The minimum Gasteiger partial charge on any atom is -0.478 e. The summed E-state index contributed by atoms with van der Waals surface area (Å²) in [4.78, 5) is 31.7. The van der Waals surface area contributed by atoms with Gasteiger partial charge in [0.2, 0.25) is 0 Å². The van der Waals surface area contributed by atoms with Gasteiger partial charge in [-0.15, -0.1) is 0 Å². The van der Waals surface area contributed by atoms with Crippen LogP contribution in [0.1, 0.15) is 43.7 Å². The fourth-order valence-electron chi connectivity index (χ4n) is 4.21. The Kier molecular flexibility index (Phi) is 7.94.